The van der Waals surface area contributed by atoms with Gasteiger partial charge in [-0.3, -0.25) is 9.59 Å². The molecule has 0 spiro atoms. The van der Waals surface area contributed by atoms with Gasteiger partial charge < -0.3 is 14.3 Å². The van der Waals surface area contributed by atoms with Gasteiger partial charge in [0.2, 0.25) is 0 Å². The fraction of sp³-hybridized carbons (Fsp3) is 0.235. The number of hydrogen-bond acceptors (Lipinski definition) is 4. The summed E-state index contributed by atoms with van der Waals surface area (Å²) in [5.74, 6) is 1.19. The minimum absolute atomic E-state index is 0.206. The molecule has 1 amide bonds. The van der Waals surface area contributed by atoms with Crippen molar-refractivity contribution < 1.29 is 9.21 Å². The summed E-state index contributed by atoms with van der Waals surface area (Å²) in [6.07, 6.45) is 0. The lowest BCUT2D eigenvalue weighted by Crippen LogP contribution is -2.31. The van der Waals surface area contributed by atoms with Crippen molar-refractivity contribution in [2.75, 3.05) is 6.54 Å². The molecule has 0 unspecified atom stereocenters. The summed E-state index contributed by atoms with van der Waals surface area (Å²) >= 11 is 0. The van der Waals surface area contributed by atoms with Crippen molar-refractivity contribution >= 4 is 16.8 Å². The van der Waals surface area contributed by atoms with Crippen LogP contribution in [0, 0.1) is 6.92 Å². The fourth-order valence-electron chi connectivity index (χ4n) is 2.42. The molecule has 0 aliphatic carbocycles. The highest BCUT2D eigenvalue weighted by Gasteiger charge is 2.19. The van der Waals surface area contributed by atoms with Crippen molar-refractivity contribution in [3.63, 3.8) is 0 Å². The van der Waals surface area contributed by atoms with E-state index < -0.39 is 0 Å². The topological polar surface area (TPSA) is 79.2 Å². The molecule has 0 saturated carbocycles. The van der Waals surface area contributed by atoms with E-state index in [0.29, 0.717) is 29.0 Å². The Labute approximate surface area is 132 Å². The van der Waals surface area contributed by atoms with Crippen LogP contribution < -0.4 is 5.56 Å². The molecule has 0 radical (unpaired) electrons. The lowest BCUT2D eigenvalue weighted by molar-refractivity contribution is 0.0715. The quantitative estimate of drug-likeness (QED) is 0.803. The first-order valence-electron chi connectivity index (χ1n) is 7.42. The first kappa shape index (κ1) is 15.0. The van der Waals surface area contributed by atoms with Gasteiger partial charge in [-0.25, -0.2) is 4.98 Å². The van der Waals surface area contributed by atoms with Crippen LogP contribution in [0.5, 0.6) is 0 Å². The van der Waals surface area contributed by atoms with Gasteiger partial charge >= 0.3 is 0 Å². The van der Waals surface area contributed by atoms with Crippen molar-refractivity contribution in [3.05, 3.63) is 64.1 Å². The largest absolute Gasteiger partial charge is 0.456 e. The van der Waals surface area contributed by atoms with Crippen LogP contribution in [0.2, 0.25) is 0 Å². The first-order chi connectivity index (χ1) is 11.1. The highest BCUT2D eigenvalue weighted by Crippen LogP contribution is 2.12. The van der Waals surface area contributed by atoms with E-state index >= 15 is 0 Å². The van der Waals surface area contributed by atoms with Gasteiger partial charge in [0, 0.05) is 6.54 Å². The summed E-state index contributed by atoms with van der Waals surface area (Å²) in [6.45, 7) is 4.35. The maximum atomic E-state index is 12.5. The predicted molar refractivity (Wildman–Crippen MR) is 86.2 cm³/mol. The lowest BCUT2D eigenvalue weighted by Gasteiger charge is -2.19. The van der Waals surface area contributed by atoms with Gasteiger partial charge in [-0.2, -0.15) is 0 Å². The molecule has 2 aromatic heterocycles. The third-order valence-corrected chi connectivity index (χ3v) is 3.62. The zero-order chi connectivity index (χ0) is 16.4. The molecular formula is C17H17N3O3. The van der Waals surface area contributed by atoms with Crippen LogP contribution in [-0.2, 0) is 6.54 Å². The SMILES string of the molecule is CCN(Cc1nc2ccccc2c(=O)[nH]1)C(=O)c1ccc(C)o1. The van der Waals surface area contributed by atoms with Crippen LogP contribution in [-0.4, -0.2) is 27.3 Å². The number of nitrogens with one attached hydrogen (secondary N) is 1. The number of carbonyl (C=O) groups excluding carboxylic acids is 1. The first-order valence-corrected chi connectivity index (χ1v) is 7.42. The Kier molecular flexibility index (Phi) is 3.97. The van der Waals surface area contributed by atoms with Crippen LogP contribution >= 0.6 is 0 Å². The summed E-state index contributed by atoms with van der Waals surface area (Å²) in [5, 5.41) is 0.535. The Bertz CT molecular complexity index is 911. The number of rotatable bonds is 4. The number of aryl methyl sites for hydroxylation is 1. The fourth-order valence-corrected chi connectivity index (χ4v) is 2.42. The van der Waals surface area contributed by atoms with E-state index in [1.54, 1.807) is 42.2 Å². The molecule has 1 aromatic carbocycles. The number of aromatic amines is 1. The number of benzene rings is 1. The third kappa shape index (κ3) is 3.01. The summed E-state index contributed by atoms with van der Waals surface area (Å²) in [7, 11) is 0. The number of para-hydroxylation sites is 1. The van der Waals surface area contributed by atoms with E-state index in [-0.39, 0.29) is 23.8 Å². The van der Waals surface area contributed by atoms with Crippen molar-refractivity contribution in [1.82, 2.24) is 14.9 Å². The highest BCUT2D eigenvalue weighted by molar-refractivity contribution is 5.91. The minimum atomic E-state index is -0.226. The maximum absolute atomic E-state index is 12.5. The molecular weight excluding hydrogens is 294 g/mol. The van der Waals surface area contributed by atoms with Gasteiger partial charge in [-0.05, 0) is 38.1 Å². The van der Waals surface area contributed by atoms with Crippen molar-refractivity contribution in [2.24, 2.45) is 0 Å². The minimum Gasteiger partial charge on any atom is -0.456 e. The van der Waals surface area contributed by atoms with Crippen molar-refractivity contribution in [1.29, 1.82) is 0 Å². The molecule has 0 bridgehead atoms. The smallest absolute Gasteiger partial charge is 0.289 e. The molecule has 6 heteroatoms. The predicted octanol–water partition coefficient (Wildman–Crippen LogP) is 2.49. The zero-order valence-electron chi connectivity index (χ0n) is 13.0. The normalized spacial score (nSPS) is 10.9. The van der Waals surface area contributed by atoms with Crippen molar-refractivity contribution in [3.8, 4) is 0 Å². The molecule has 3 rings (SSSR count). The van der Waals surface area contributed by atoms with E-state index in [1.165, 1.54) is 0 Å². The third-order valence-electron chi connectivity index (χ3n) is 3.62. The van der Waals surface area contributed by atoms with E-state index in [4.69, 9.17) is 4.42 Å². The number of fused-ring (bicyclic) bond motifs is 1. The Hall–Kier alpha value is -2.89. The van der Waals surface area contributed by atoms with E-state index in [1.807, 2.05) is 13.0 Å². The van der Waals surface area contributed by atoms with Gasteiger partial charge in [0.25, 0.3) is 11.5 Å². The maximum Gasteiger partial charge on any atom is 0.289 e. The van der Waals surface area contributed by atoms with Crippen molar-refractivity contribution in [2.45, 2.75) is 20.4 Å². The second-order valence-corrected chi connectivity index (χ2v) is 5.26. The van der Waals surface area contributed by atoms with Gasteiger partial charge in [-0.1, -0.05) is 12.1 Å². The van der Waals surface area contributed by atoms with Crippen LogP contribution in [0.4, 0.5) is 0 Å². The van der Waals surface area contributed by atoms with Crippen LogP contribution in [0.25, 0.3) is 10.9 Å². The molecule has 2 heterocycles. The molecule has 118 valence electrons. The van der Waals surface area contributed by atoms with Crippen LogP contribution in [0.1, 0.15) is 29.1 Å². The number of aromatic nitrogens is 2. The Morgan fingerprint density at radius 1 is 1.26 bits per heavy atom. The standard InChI is InChI=1S/C17H17N3O3/c1-3-20(17(22)14-9-8-11(2)23-14)10-15-18-13-7-5-4-6-12(13)16(21)19-15/h4-9H,3,10H2,1-2H3,(H,18,19,21). The zero-order valence-corrected chi connectivity index (χ0v) is 13.0. The molecule has 6 nitrogen and oxygen atoms in total. The second-order valence-electron chi connectivity index (χ2n) is 5.26. The number of H-pyrrole nitrogens is 1. The molecule has 0 atom stereocenters. The monoisotopic (exact) mass is 311 g/mol. The molecule has 1 N–H and O–H groups in total. The van der Waals surface area contributed by atoms with Gasteiger partial charge in [0.05, 0.1) is 17.4 Å². The summed E-state index contributed by atoms with van der Waals surface area (Å²) in [4.78, 5) is 33.3. The van der Waals surface area contributed by atoms with E-state index in [9.17, 15) is 9.59 Å². The molecule has 23 heavy (non-hydrogen) atoms. The average Bonchev–Trinajstić information content (AvgIpc) is 2.98. The Morgan fingerprint density at radius 3 is 2.74 bits per heavy atom. The number of furan rings is 1. The molecule has 0 saturated heterocycles. The Morgan fingerprint density at radius 2 is 2.04 bits per heavy atom. The molecule has 3 aromatic rings. The van der Waals surface area contributed by atoms with E-state index in [2.05, 4.69) is 9.97 Å². The average molecular weight is 311 g/mol. The van der Waals surface area contributed by atoms with Gasteiger partial charge in [-0.15, -0.1) is 0 Å². The number of amides is 1. The highest BCUT2D eigenvalue weighted by atomic mass is 16.3. The van der Waals surface area contributed by atoms with Crippen LogP contribution in [0.15, 0.2) is 45.6 Å². The summed E-state index contributed by atoms with van der Waals surface area (Å²) in [6, 6.07) is 10.5. The van der Waals surface area contributed by atoms with Crippen LogP contribution in [0.3, 0.4) is 0 Å². The Balaban J connectivity index is 1.90. The molecule has 0 fully saturated rings. The summed E-state index contributed by atoms with van der Waals surface area (Å²) in [5.41, 5.74) is 0.409. The van der Waals surface area contributed by atoms with Gasteiger partial charge in [0.15, 0.2) is 5.76 Å². The van der Waals surface area contributed by atoms with E-state index in [0.717, 1.165) is 0 Å². The number of carbonyl (C=O) groups is 1. The molecule has 0 aliphatic heterocycles. The number of nitrogens with zero attached hydrogens (tertiary/aromatic N) is 2. The number of hydrogen-bond donors (Lipinski definition) is 1. The molecule has 0 aliphatic rings. The lowest BCUT2D eigenvalue weighted by atomic mass is 10.2. The second kappa shape index (κ2) is 6.08. The van der Waals surface area contributed by atoms with Gasteiger partial charge in [0.1, 0.15) is 11.6 Å². The summed E-state index contributed by atoms with van der Waals surface area (Å²) < 4.78 is 5.38.